The van der Waals surface area contributed by atoms with Gasteiger partial charge in [-0.25, -0.2) is 0 Å². The Hall–Kier alpha value is -2.02. The second-order valence-electron chi connectivity index (χ2n) is 5.88. The standard InChI is InChI=1S/C20H18ClNO3S2/c1-13-11-16(7-8-17(13)21)25-10-2-9-24-15-5-3-14(4-6-15)12-18-19(23)22-20(26)27-18/h3-8,11-12H,2,9-10H2,1H3,(H,22,23,26)/b18-12+. The van der Waals surface area contributed by atoms with Crippen LogP contribution in [0.5, 0.6) is 11.5 Å². The highest BCUT2D eigenvalue weighted by Gasteiger charge is 2.21. The van der Waals surface area contributed by atoms with E-state index in [1.165, 1.54) is 11.8 Å². The SMILES string of the molecule is Cc1cc(OCCCOc2ccc(/C=C3/SC(=S)NC3=O)cc2)ccc1Cl. The van der Waals surface area contributed by atoms with Gasteiger partial charge in [-0.15, -0.1) is 0 Å². The van der Waals surface area contributed by atoms with Gasteiger partial charge in [0.25, 0.3) is 5.91 Å². The Morgan fingerprint density at radius 1 is 1.11 bits per heavy atom. The van der Waals surface area contributed by atoms with Crippen molar-refractivity contribution >= 4 is 51.9 Å². The van der Waals surface area contributed by atoms with E-state index in [0.717, 1.165) is 34.1 Å². The van der Waals surface area contributed by atoms with E-state index < -0.39 is 0 Å². The van der Waals surface area contributed by atoms with Crippen LogP contribution in [0.15, 0.2) is 47.4 Å². The molecule has 1 fully saturated rings. The zero-order valence-electron chi connectivity index (χ0n) is 14.7. The average molecular weight is 420 g/mol. The summed E-state index contributed by atoms with van der Waals surface area (Å²) in [6.07, 6.45) is 2.58. The third-order valence-corrected chi connectivity index (χ3v) is 5.36. The summed E-state index contributed by atoms with van der Waals surface area (Å²) in [6, 6.07) is 13.2. The van der Waals surface area contributed by atoms with Crippen molar-refractivity contribution < 1.29 is 14.3 Å². The Balaban J connectivity index is 1.42. The molecule has 0 aliphatic carbocycles. The van der Waals surface area contributed by atoms with Gasteiger partial charge < -0.3 is 14.8 Å². The predicted molar refractivity (Wildman–Crippen MR) is 115 cm³/mol. The maximum atomic E-state index is 11.7. The number of rotatable bonds is 7. The molecule has 0 atom stereocenters. The van der Waals surface area contributed by atoms with E-state index in [0.29, 0.717) is 22.4 Å². The molecule has 0 radical (unpaired) electrons. The zero-order valence-corrected chi connectivity index (χ0v) is 17.0. The molecule has 27 heavy (non-hydrogen) atoms. The number of ether oxygens (including phenoxy) is 2. The quantitative estimate of drug-likeness (QED) is 0.389. The van der Waals surface area contributed by atoms with Crippen molar-refractivity contribution in [3.8, 4) is 11.5 Å². The van der Waals surface area contributed by atoms with Crippen LogP contribution in [0.4, 0.5) is 0 Å². The molecule has 3 rings (SSSR count). The number of hydrogen-bond acceptors (Lipinski definition) is 5. The molecule has 7 heteroatoms. The van der Waals surface area contributed by atoms with Crippen LogP contribution in [0.1, 0.15) is 17.5 Å². The predicted octanol–water partition coefficient (Wildman–Crippen LogP) is 4.99. The van der Waals surface area contributed by atoms with Crippen LogP contribution in [0.25, 0.3) is 6.08 Å². The Bertz CT molecular complexity index is 881. The summed E-state index contributed by atoms with van der Waals surface area (Å²) in [7, 11) is 0. The van der Waals surface area contributed by atoms with Gasteiger partial charge >= 0.3 is 0 Å². The lowest BCUT2D eigenvalue weighted by atomic mass is 10.2. The molecule has 0 bridgehead atoms. The zero-order chi connectivity index (χ0) is 19.2. The fourth-order valence-electron chi connectivity index (χ4n) is 2.38. The van der Waals surface area contributed by atoms with Gasteiger partial charge in [-0.3, -0.25) is 4.79 Å². The van der Waals surface area contributed by atoms with Crippen molar-refractivity contribution in [3.63, 3.8) is 0 Å². The highest BCUT2D eigenvalue weighted by atomic mass is 35.5. The smallest absolute Gasteiger partial charge is 0.263 e. The van der Waals surface area contributed by atoms with E-state index in [1.807, 2.05) is 55.5 Å². The van der Waals surface area contributed by atoms with Crippen LogP contribution >= 0.6 is 35.6 Å². The third-order valence-electron chi connectivity index (χ3n) is 3.78. The molecular formula is C20H18ClNO3S2. The third kappa shape index (κ3) is 5.73. The maximum absolute atomic E-state index is 11.7. The van der Waals surface area contributed by atoms with Crippen molar-refractivity contribution in [2.75, 3.05) is 13.2 Å². The number of nitrogens with one attached hydrogen (secondary N) is 1. The maximum Gasteiger partial charge on any atom is 0.263 e. The lowest BCUT2D eigenvalue weighted by Crippen LogP contribution is -2.17. The number of carbonyl (C=O) groups is 1. The largest absolute Gasteiger partial charge is 0.493 e. The number of amides is 1. The summed E-state index contributed by atoms with van der Waals surface area (Å²) in [4.78, 5) is 12.3. The van der Waals surface area contributed by atoms with Gasteiger partial charge in [-0.2, -0.15) is 0 Å². The second kappa shape index (κ2) is 9.26. The normalized spacial score (nSPS) is 15.1. The van der Waals surface area contributed by atoms with Gasteiger partial charge in [-0.1, -0.05) is 47.7 Å². The summed E-state index contributed by atoms with van der Waals surface area (Å²) in [6.45, 7) is 3.07. The molecule has 0 unspecified atom stereocenters. The molecule has 140 valence electrons. The molecular weight excluding hydrogens is 402 g/mol. The Morgan fingerprint density at radius 3 is 2.41 bits per heavy atom. The lowest BCUT2D eigenvalue weighted by Gasteiger charge is -2.09. The minimum atomic E-state index is -0.152. The van der Waals surface area contributed by atoms with Gasteiger partial charge in [0.15, 0.2) is 0 Å². The first-order valence-corrected chi connectivity index (χ1v) is 9.98. The van der Waals surface area contributed by atoms with Gasteiger partial charge in [-0.05, 0) is 54.5 Å². The molecule has 4 nitrogen and oxygen atoms in total. The summed E-state index contributed by atoms with van der Waals surface area (Å²) in [5.74, 6) is 1.43. The summed E-state index contributed by atoms with van der Waals surface area (Å²) >= 11 is 12.2. The van der Waals surface area contributed by atoms with Crippen molar-refractivity contribution in [2.45, 2.75) is 13.3 Å². The summed E-state index contributed by atoms with van der Waals surface area (Å²) in [5, 5.41) is 3.34. The minimum absolute atomic E-state index is 0.152. The fraction of sp³-hybridized carbons (Fsp3) is 0.200. The van der Waals surface area contributed by atoms with Crippen LogP contribution in [-0.4, -0.2) is 23.4 Å². The van der Waals surface area contributed by atoms with Crippen LogP contribution in [-0.2, 0) is 4.79 Å². The summed E-state index contributed by atoms with van der Waals surface area (Å²) in [5.41, 5.74) is 1.92. The highest BCUT2D eigenvalue weighted by Crippen LogP contribution is 2.26. The van der Waals surface area contributed by atoms with Crippen molar-refractivity contribution in [2.24, 2.45) is 0 Å². The monoisotopic (exact) mass is 419 g/mol. The fourth-order valence-corrected chi connectivity index (χ4v) is 3.54. The van der Waals surface area contributed by atoms with Gasteiger partial charge in [0, 0.05) is 11.4 Å². The Morgan fingerprint density at radius 2 is 1.78 bits per heavy atom. The number of thiocarbonyl (C=S) groups is 1. The molecule has 0 spiro atoms. The summed E-state index contributed by atoms with van der Waals surface area (Å²) < 4.78 is 11.9. The molecule has 2 aromatic carbocycles. The van der Waals surface area contributed by atoms with Gasteiger partial charge in [0.05, 0.1) is 18.1 Å². The molecule has 1 N–H and O–H groups in total. The molecule has 0 aromatic heterocycles. The van der Waals surface area contributed by atoms with Crippen molar-refractivity contribution in [1.29, 1.82) is 0 Å². The first-order chi connectivity index (χ1) is 13.0. The topological polar surface area (TPSA) is 47.6 Å². The second-order valence-corrected chi connectivity index (χ2v) is 8.01. The van der Waals surface area contributed by atoms with Gasteiger partial charge in [0.1, 0.15) is 15.8 Å². The number of hydrogen-bond donors (Lipinski definition) is 1. The van der Waals surface area contributed by atoms with E-state index >= 15 is 0 Å². The number of aryl methyl sites for hydroxylation is 1. The van der Waals surface area contributed by atoms with Crippen LogP contribution in [0.3, 0.4) is 0 Å². The average Bonchev–Trinajstić information content (AvgIpc) is 2.96. The number of thioether (sulfide) groups is 1. The first-order valence-electron chi connectivity index (χ1n) is 8.38. The number of carbonyl (C=O) groups excluding carboxylic acids is 1. The Kier molecular flexibility index (Phi) is 6.77. The van der Waals surface area contributed by atoms with Crippen molar-refractivity contribution in [3.05, 3.63) is 63.5 Å². The number of benzene rings is 2. The van der Waals surface area contributed by atoms with Gasteiger partial charge in [0.2, 0.25) is 0 Å². The van der Waals surface area contributed by atoms with Crippen LogP contribution < -0.4 is 14.8 Å². The molecule has 2 aromatic rings. The first kappa shape index (κ1) is 19.7. The minimum Gasteiger partial charge on any atom is -0.493 e. The van der Waals surface area contributed by atoms with Crippen LogP contribution in [0, 0.1) is 6.92 Å². The van der Waals surface area contributed by atoms with E-state index in [1.54, 1.807) is 0 Å². The molecule has 1 aliphatic heterocycles. The molecule has 1 amide bonds. The Labute approximate surface area is 172 Å². The molecule has 1 saturated heterocycles. The van der Waals surface area contributed by atoms with E-state index in [9.17, 15) is 4.79 Å². The van der Waals surface area contributed by atoms with Crippen LogP contribution in [0.2, 0.25) is 5.02 Å². The molecule has 0 saturated carbocycles. The number of halogens is 1. The van der Waals surface area contributed by atoms with Crippen molar-refractivity contribution in [1.82, 2.24) is 5.32 Å². The lowest BCUT2D eigenvalue weighted by molar-refractivity contribution is -0.115. The van der Waals surface area contributed by atoms with E-state index in [4.69, 9.17) is 33.3 Å². The molecule has 1 heterocycles. The molecule has 1 aliphatic rings. The van der Waals surface area contributed by atoms with E-state index in [-0.39, 0.29) is 5.91 Å². The highest BCUT2D eigenvalue weighted by molar-refractivity contribution is 8.26. The van der Waals surface area contributed by atoms with E-state index in [2.05, 4.69) is 5.32 Å².